The quantitative estimate of drug-likeness (QED) is 0.0779. The molecule has 18 heteroatoms. The van der Waals surface area contributed by atoms with Crippen LogP contribution < -0.4 is 49.0 Å². The van der Waals surface area contributed by atoms with E-state index in [1.165, 1.54) is 0 Å². The lowest BCUT2D eigenvalue weighted by atomic mass is 10.4. The molecule has 0 unspecified atom stereocenters. The van der Waals surface area contributed by atoms with Crippen LogP contribution in [0.15, 0.2) is 14.4 Å². The fraction of sp³-hybridized carbons (Fsp3) is 0.714. The van der Waals surface area contributed by atoms with Crippen molar-refractivity contribution in [1.82, 2.24) is 45.6 Å². The molecule has 0 atom stereocenters. The van der Waals surface area contributed by atoms with Crippen molar-refractivity contribution in [2.45, 2.75) is 38.9 Å². The number of aliphatic hydroxyl groups excluding tert-OH is 3. The van der Waals surface area contributed by atoms with Crippen LogP contribution in [0.3, 0.4) is 0 Å². The zero-order valence-corrected chi connectivity index (χ0v) is 21.7. The third-order valence-corrected chi connectivity index (χ3v) is 5.11. The topological polar surface area (TPSA) is 250 Å². The van der Waals surface area contributed by atoms with Crippen molar-refractivity contribution in [3.63, 3.8) is 0 Å². The molecular weight excluding hydrogens is 522 g/mol. The average molecular weight is 562 g/mol. The van der Waals surface area contributed by atoms with E-state index in [2.05, 4.69) is 31.9 Å². The molecule has 0 saturated heterocycles. The predicted octanol–water partition coefficient (Wildman–Crippen LogP) is -4.78. The third-order valence-electron chi connectivity index (χ3n) is 5.11. The second kappa shape index (κ2) is 19.2. The third kappa shape index (κ3) is 12.5. The van der Waals surface area contributed by atoms with Gasteiger partial charge in [0, 0.05) is 58.9 Å². The van der Waals surface area contributed by atoms with Crippen molar-refractivity contribution < 1.29 is 29.7 Å². The summed E-state index contributed by atoms with van der Waals surface area (Å²) in [6, 6.07) is -1.57. The summed E-state index contributed by atoms with van der Waals surface area (Å²) in [4.78, 5) is 73.8. The van der Waals surface area contributed by atoms with Gasteiger partial charge in [0.05, 0.1) is 19.8 Å². The standard InChI is InChI=1S/C21H39N9O9/c31-13-7-25-16(34)22-4-1-10-28-19(37)29(11-2-5-23-17(35)26-8-14-32)21(39)30(20(28)38)12-3-6-24-18(36)27-9-15-33/h31-33H,1-15H2,(H2,22,25,34)(H2,23,26,35)(H2,24,27,36). The molecule has 0 aliphatic rings. The molecule has 0 bridgehead atoms. The Labute approximate surface area is 223 Å². The highest BCUT2D eigenvalue weighted by Crippen LogP contribution is 1.88. The van der Waals surface area contributed by atoms with Crippen molar-refractivity contribution in [2.75, 3.05) is 59.1 Å². The zero-order chi connectivity index (χ0) is 29.0. The minimum Gasteiger partial charge on any atom is -0.395 e. The SMILES string of the molecule is O=C(NCCO)NCCCn1c(=O)n(CCCNC(=O)NCCO)c(=O)n(CCCNC(=O)NCCO)c1=O. The maximum atomic E-state index is 13.0. The largest absolute Gasteiger partial charge is 0.395 e. The minimum atomic E-state index is -0.836. The predicted molar refractivity (Wildman–Crippen MR) is 139 cm³/mol. The second-order valence-electron chi connectivity index (χ2n) is 8.08. The lowest BCUT2D eigenvalue weighted by Gasteiger charge is -2.15. The zero-order valence-electron chi connectivity index (χ0n) is 21.7. The Hall–Kier alpha value is -3.90. The van der Waals surface area contributed by atoms with Gasteiger partial charge in [-0.2, -0.15) is 0 Å². The second-order valence-corrected chi connectivity index (χ2v) is 8.08. The first-order valence-electron chi connectivity index (χ1n) is 12.6. The van der Waals surface area contributed by atoms with Crippen molar-refractivity contribution >= 4 is 18.1 Å². The summed E-state index contributed by atoms with van der Waals surface area (Å²) in [6.07, 6.45) is 0.581. The molecule has 18 nitrogen and oxygen atoms in total. The summed E-state index contributed by atoms with van der Waals surface area (Å²) in [5, 5.41) is 41.0. The van der Waals surface area contributed by atoms with Crippen LogP contribution in [0, 0.1) is 0 Å². The summed E-state index contributed by atoms with van der Waals surface area (Å²) >= 11 is 0. The van der Waals surface area contributed by atoms with Crippen LogP contribution in [0.2, 0.25) is 0 Å². The first-order chi connectivity index (χ1) is 18.8. The number of hydrogen-bond acceptors (Lipinski definition) is 9. The number of urea groups is 3. The molecule has 0 saturated carbocycles. The lowest BCUT2D eigenvalue weighted by Crippen LogP contribution is -2.55. The normalized spacial score (nSPS) is 10.5. The summed E-state index contributed by atoms with van der Waals surface area (Å²) < 4.78 is 2.66. The summed E-state index contributed by atoms with van der Waals surface area (Å²) in [5.74, 6) is 0. The Kier molecular flexibility index (Phi) is 16.3. The Balaban J connectivity index is 2.95. The van der Waals surface area contributed by atoms with E-state index < -0.39 is 35.2 Å². The van der Waals surface area contributed by atoms with Crippen LogP contribution >= 0.6 is 0 Å². The van der Waals surface area contributed by atoms with Gasteiger partial charge < -0.3 is 47.2 Å². The number of nitrogens with one attached hydrogen (secondary N) is 6. The highest BCUT2D eigenvalue weighted by molar-refractivity contribution is 5.74. The van der Waals surface area contributed by atoms with Gasteiger partial charge in [-0.3, -0.25) is 0 Å². The number of nitrogens with zero attached hydrogens (tertiary/aromatic N) is 3. The van der Waals surface area contributed by atoms with E-state index in [1.54, 1.807) is 0 Å². The molecule has 9 N–H and O–H groups in total. The number of aliphatic hydroxyl groups is 3. The molecule has 1 aromatic rings. The molecule has 222 valence electrons. The Morgan fingerprint density at radius 1 is 0.462 bits per heavy atom. The monoisotopic (exact) mass is 561 g/mol. The molecule has 0 aliphatic heterocycles. The molecule has 39 heavy (non-hydrogen) atoms. The van der Waals surface area contributed by atoms with E-state index in [0.717, 1.165) is 13.7 Å². The summed E-state index contributed by atoms with van der Waals surface area (Å²) in [7, 11) is 0. The van der Waals surface area contributed by atoms with E-state index >= 15 is 0 Å². The highest BCUT2D eigenvalue weighted by Gasteiger charge is 2.15. The van der Waals surface area contributed by atoms with E-state index in [0.29, 0.717) is 0 Å². The Bertz CT molecular complexity index is 921. The molecular formula is C21H39N9O9. The average Bonchev–Trinajstić information content (AvgIpc) is 2.92. The van der Waals surface area contributed by atoms with Crippen molar-refractivity contribution in [3.05, 3.63) is 31.5 Å². The van der Waals surface area contributed by atoms with Crippen molar-refractivity contribution in [2.24, 2.45) is 0 Å². The molecule has 1 heterocycles. The van der Waals surface area contributed by atoms with E-state index in [-0.39, 0.29) is 98.0 Å². The van der Waals surface area contributed by atoms with E-state index in [9.17, 15) is 28.8 Å². The number of amides is 6. The van der Waals surface area contributed by atoms with E-state index in [4.69, 9.17) is 15.3 Å². The molecule has 6 amide bonds. The van der Waals surface area contributed by atoms with Gasteiger partial charge in [-0.1, -0.05) is 0 Å². The Morgan fingerprint density at radius 2 is 0.692 bits per heavy atom. The summed E-state index contributed by atoms with van der Waals surface area (Å²) in [5.41, 5.74) is -2.51. The number of carbonyl (C=O) groups is 3. The molecule has 0 radical (unpaired) electrons. The van der Waals surface area contributed by atoms with Crippen LogP contribution in [0.1, 0.15) is 19.3 Å². The molecule has 0 spiro atoms. The molecule has 1 rings (SSSR count). The minimum absolute atomic E-state index is 0.0663. The van der Waals surface area contributed by atoms with Crippen LogP contribution in [-0.2, 0) is 19.6 Å². The first-order valence-corrected chi connectivity index (χ1v) is 12.6. The van der Waals surface area contributed by atoms with E-state index in [1.807, 2.05) is 0 Å². The van der Waals surface area contributed by atoms with Crippen LogP contribution in [-0.4, -0.2) is 106 Å². The van der Waals surface area contributed by atoms with Gasteiger partial charge in [-0.15, -0.1) is 0 Å². The number of rotatable bonds is 18. The van der Waals surface area contributed by atoms with Gasteiger partial charge in [0.15, 0.2) is 0 Å². The van der Waals surface area contributed by atoms with Gasteiger partial charge in [-0.05, 0) is 19.3 Å². The van der Waals surface area contributed by atoms with Gasteiger partial charge in [-0.25, -0.2) is 42.5 Å². The number of aromatic nitrogens is 3. The van der Waals surface area contributed by atoms with Crippen LogP contribution in [0.5, 0.6) is 0 Å². The fourth-order valence-electron chi connectivity index (χ4n) is 3.27. The number of hydrogen-bond donors (Lipinski definition) is 9. The number of carbonyl (C=O) groups excluding carboxylic acids is 3. The Morgan fingerprint density at radius 3 is 0.923 bits per heavy atom. The fourth-order valence-corrected chi connectivity index (χ4v) is 3.27. The summed E-state index contributed by atoms with van der Waals surface area (Å²) in [6.45, 7) is -0.428. The maximum absolute atomic E-state index is 13.0. The molecule has 0 aromatic carbocycles. The smallest absolute Gasteiger partial charge is 0.336 e. The maximum Gasteiger partial charge on any atom is 0.336 e. The van der Waals surface area contributed by atoms with Crippen molar-refractivity contribution in [3.8, 4) is 0 Å². The lowest BCUT2D eigenvalue weighted by molar-refractivity contribution is 0.233. The van der Waals surface area contributed by atoms with Crippen LogP contribution in [0.25, 0.3) is 0 Å². The van der Waals surface area contributed by atoms with Gasteiger partial charge in [0.25, 0.3) is 0 Å². The molecule has 0 fully saturated rings. The van der Waals surface area contributed by atoms with Gasteiger partial charge in [0.1, 0.15) is 0 Å². The first kappa shape index (κ1) is 33.1. The highest BCUT2D eigenvalue weighted by atomic mass is 16.3. The van der Waals surface area contributed by atoms with Crippen molar-refractivity contribution in [1.29, 1.82) is 0 Å². The molecule has 1 aromatic heterocycles. The van der Waals surface area contributed by atoms with Gasteiger partial charge in [0.2, 0.25) is 0 Å². The van der Waals surface area contributed by atoms with Gasteiger partial charge >= 0.3 is 35.2 Å². The molecule has 0 aliphatic carbocycles. The van der Waals surface area contributed by atoms with Crippen LogP contribution in [0.4, 0.5) is 14.4 Å².